The predicted octanol–water partition coefficient (Wildman–Crippen LogP) is 6.91. The largest absolute Gasteiger partial charge is 0.492 e. The number of carbonyl (C=O) groups excluding carboxylic acids is 1. The maximum Gasteiger partial charge on any atom is 0.283 e. The molecule has 2 aliphatic rings. The third-order valence-corrected chi connectivity index (χ3v) is 8.07. The van der Waals surface area contributed by atoms with Crippen LogP contribution in [0.1, 0.15) is 29.2 Å². The van der Waals surface area contributed by atoms with Crippen molar-refractivity contribution in [3.63, 3.8) is 0 Å². The maximum absolute atomic E-state index is 13.1. The van der Waals surface area contributed by atoms with E-state index >= 15 is 0 Å². The van der Waals surface area contributed by atoms with Crippen LogP contribution >= 0.6 is 23.4 Å². The van der Waals surface area contributed by atoms with E-state index < -0.39 is 5.91 Å². The highest BCUT2D eigenvalue weighted by Gasteiger charge is 2.36. The molecule has 0 unspecified atom stereocenters. The lowest BCUT2D eigenvalue weighted by atomic mass is 10.1. The van der Waals surface area contributed by atoms with E-state index in [4.69, 9.17) is 21.7 Å². The third kappa shape index (κ3) is 4.96. The zero-order valence-corrected chi connectivity index (χ0v) is 23.6. The lowest BCUT2D eigenvalue weighted by molar-refractivity contribution is -0.114. The van der Waals surface area contributed by atoms with Gasteiger partial charge in [0, 0.05) is 28.2 Å². The van der Waals surface area contributed by atoms with Crippen molar-refractivity contribution in [1.29, 1.82) is 5.41 Å². The first kappa shape index (κ1) is 26.1. The zero-order valence-electron chi connectivity index (χ0n) is 22.0. The van der Waals surface area contributed by atoms with Crippen molar-refractivity contribution in [3.05, 3.63) is 106 Å². The van der Waals surface area contributed by atoms with Crippen molar-refractivity contribution in [2.45, 2.75) is 26.8 Å². The lowest BCUT2D eigenvalue weighted by Crippen LogP contribution is -2.35. The number of para-hydroxylation sites is 1. The number of ether oxygens (including phenoxy) is 1. The van der Waals surface area contributed by atoms with Crippen LogP contribution in [0.25, 0.3) is 17.0 Å². The molecule has 0 saturated heterocycles. The van der Waals surface area contributed by atoms with E-state index in [9.17, 15) is 4.79 Å². The smallest absolute Gasteiger partial charge is 0.283 e. The maximum atomic E-state index is 13.1. The summed E-state index contributed by atoms with van der Waals surface area (Å²) in [6.07, 6.45) is 4.68. The van der Waals surface area contributed by atoms with E-state index in [0.717, 1.165) is 34.2 Å². The van der Waals surface area contributed by atoms with Crippen LogP contribution in [0.5, 0.6) is 5.75 Å². The summed E-state index contributed by atoms with van der Waals surface area (Å²) in [6.45, 7) is 5.33. The second kappa shape index (κ2) is 10.8. The number of thioether (sulfide) groups is 1. The predicted molar refractivity (Wildman–Crippen MR) is 164 cm³/mol. The molecule has 0 fully saturated rings. The minimum atomic E-state index is -0.467. The Labute approximate surface area is 241 Å². The number of aryl methyl sites for hydroxylation is 2. The first-order valence-corrected chi connectivity index (χ1v) is 14.2. The fourth-order valence-corrected chi connectivity index (χ4v) is 6.05. The van der Waals surface area contributed by atoms with E-state index in [1.54, 1.807) is 12.1 Å². The number of hydrogen-bond donors (Lipinski definition) is 1. The SMILES string of the molecule is CCc1cc(C)cc(OCCn2cc(/C=C3/C(=N)N4N=C(c5ccccc5Cl)SC4=NC3=O)c3ccccc32)c1. The fourth-order valence-electron chi connectivity index (χ4n) is 4.84. The Hall–Kier alpha value is -4.14. The second-order valence-electron chi connectivity index (χ2n) is 9.56. The normalized spacial score (nSPS) is 16.0. The van der Waals surface area contributed by atoms with Crippen molar-refractivity contribution in [2.75, 3.05) is 6.61 Å². The molecule has 4 aromatic rings. The third-order valence-electron chi connectivity index (χ3n) is 6.80. The first-order valence-electron chi connectivity index (χ1n) is 13.0. The van der Waals surface area contributed by atoms with Gasteiger partial charge in [-0.15, -0.1) is 0 Å². The highest BCUT2D eigenvalue weighted by atomic mass is 35.5. The summed E-state index contributed by atoms with van der Waals surface area (Å²) in [4.78, 5) is 17.3. The first-order chi connectivity index (χ1) is 19.4. The van der Waals surface area contributed by atoms with Crippen molar-refractivity contribution >= 4 is 62.3 Å². The molecule has 6 rings (SSSR count). The van der Waals surface area contributed by atoms with Gasteiger partial charge in [-0.2, -0.15) is 15.1 Å². The van der Waals surface area contributed by atoms with Gasteiger partial charge < -0.3 is 9.30 Å². The summed E-state index contributed by atoms with van der Waals surface area (Å²) in [5.74, 6) is 0.382. The van der Waals surface area contributed by atoms with E-state index in [2.05, 4.69) is 40.6 Å². The van der Waals surface area contributed by atoms with E-state index in [1.807, 2.05) is 54.7 Å². The van der Waals surface area contributed by atoms with Crippen LogP contribution in [-0.2, 0) is 17.8 Å². The number of nitrogens with one attached hydrogen (secondary N) is 1. The highest BCUT2D eigenvalue weighted by molar-refractivity contribution is 8.27. The Morgan fingerprint density at radius 2 is 1.90 bits per heavy atom. The van der Waals surface area contributed by atoms with Crippen LogP contribution in [0, 0.1) is 12.3 Å². The molecule has 0 radical (unpaired) electrons. The zero-order chi connectivity index (χ0) is 27.8. The molecule has 0 atom stereocenters. The van der Waals surface area contributed by atoms with E-state index in [-0.39, 0.29) is 11.4 Å². The van der Waals surface area contributed by atoms with E-state index in [0.29, 0.717) is 28.4 Å². The summed E-state index contributed by atoms with van der Waals surface area (Å²) in [5, 5.41) is 17.2. The minimum absolute atomic E-state index is 0.0177. The topological polar surface area (TPSA) is 83.0 Å². The number of hydrazone groups is 1. The average molecular weight is 568 g/mol. The van der Waals surface area contributed by atoms with Gasteiger partial charge in [-0.05, 0) is 66.6 Å². The van der Waals surface area contributed by atoms with Crippen molar-refractivity contribution in [2.24, 2.45) is 10.1 Å². The lowest BCUT2D eigenvalue weighted by Gasteiger charge is -2.20. The summed E-state index contributed by atoms with van der Waals surface area (Å²) in [7, 11) is 0. The molecule has 40 heavy (non-hydrogen) atoms. The molecule has 0 spiro atoms. The van der Waals surface area contributed by atoms with Gasteiger partial charge in [0.1, 0.15) is 17.4 Å². The molecule has 7 nitrogen and oxygen atoms in total. The molecule has 0 aliphatic carbocycles. The molecule has 2 aliphatic heterocycles. The van der Waals surface area contributed by atoms with E-state index in [1.165, 1.54) is 27.9 Å². The van der Waals surface area contributed by atoms with Crippen molar-refractivity contribution < 1.29 is 9.53 Å². The number of nitrogens with zero attached hydrogens (tertiary/aromatic N) is 4. The van der Waals surface area contributed by atoms with Gasteiger partial charge in [-0.1, -0.05) is 61.0 Å². The monoisotopic (exact) mass is 567 g/mol. The number of aromatic nitrogens is 1. The highest BCUT2D eigenvalue weighted by Crippen LogP contribution is 2.34. The number of amides is 1. The Morgan fingerprint density at radius 1 is 1.10 bits per heavy atom. The van der Waals surface area contributed by atoms with Crippen LogP contribution in [0.4, 0.5) is 0 Å². The van der Waals surface area contributed by atoms with Gasteiger partial charge in [0.25, 0.3) is 5.91 Å². The summed E-state index contributed by atoms with van der Waals surface area (Å²) < 4.78 is 8.22. The Morgan fingerprint density at radius 3 is 2.73 bits per heavy atom. The molecule has 3 aromatic carbocycles. The minimum Gasteiger partial charge on any atom is -0.492 e. The van der Waals surface area contributed by atoms with Gasteiger partial charge in [-0.3, -0.25) is 10.2 Å². The molecule has 0 saturated carbocycles. The molecule has 0 bridgehead atoms. The van der Waals surface area contributed by atoms with Crippen LogP contribution in [0.2, 0.25) is 5.02 Å². The van der Waals surface area contributed by atoms with Gasteiger partial charge in [0.05, 0.1) is 17.1 Å². The molecule has 1 amide bonds. The fraction of sp³-hybridized carbons (Fsp3) is 0.161. The molecule has 1 N–H and O–H groups in total. The summed E-state index contributed by atoms with van der Waals surface area (Å²) in [6, 6.07) is 21.7. The molecular weight excluding hydrogens is 542 g/mol. The van der Waals surface area contributed by atoms with Crippen LogP contribution in [-0.4, -0.2) is 38.1 Å². The Balaban J connectivity index is 1.27. The molecule has 9 heteroatoms. The summed E-state index contributed by atoms with van der Waals surface area (Å²) >= 11 is 7.59. The Bertz CT molecular complexity index is 1770. The second-order valence-corrected chi connectivity index (χ2v) is 10.9. The number of rotatable bonds is 7. The van der Waals surface area contributed by atoms with Crippen LogP contribution in [0.3, 0.4) is 0 Å². The quantitative estimate of drug-likeness (QED) is 0.246. The number of halogens is 1. The van der Waals surface area contributed by atoms with Crippen molar-refractivity contribution in [1.82, 2.24) is 9.58 Å². The standard InChI is InChI=1S/C31H26ClN5O2S/c1-3-20-14-19(2)15-22(16-20)39-13-12-36-18-21(23-8-5-7-11-27(23)36)17-25-28(33)37-31(34-29(25)38)40-30(35-37)24-9-4-6-10-26(24)32/h4-11,14-18,33H,3,12-13H2,1-2H3/b25-17-,33-28?. The number of fused-ring (bicyclic) bond motifs is 2. The Kier molecular flexibility index (Phi) is 7.04. The van der Waals surface area contributed by atoms with Gasteiger partial charge in [-0.25, -0.2) is 0 Å². The number of benzene rings is 3. The van der Waals surface area contributed by atoms with Crippen molar-refractivity contribution in [3.8, 4) is 5.75 Å². The molecule has 200 valence electrons. The van der Waals surface area contributed by atoms with Gasteiger partial charge in [0.2, 0.25) is 5.17 Å². The summed E-state index contributed by atoms with van der Waals surface area (Å²) in [5.41, 5.74) is 5.19. The van der Waals surface area contributed by atoms with Crippen LogP contribution < -0.4 is 4.74 Å². The molecule has 3 heterocycles. The van der Waals surface area contributed by atoms with Crippen LogP contribution in [0.15, 0.2) is 88.6 Å². The number of hydrogen-bond acceptors (Lipinski definition) is 5. The van der Waals surface area contributed by atoms with Gasteiger partial charge >= 0.3 is 0 Å². The average Bonchev–Trinajstić information content (AvgIpc) is 3.53. The number of carbonyl (C=O) groups is 1. The number of amidine groups is 2. The molecule has 1 aromatic heterocycles. The number of aliphatic imine (C=N–C) groups is 1. The van der Waals surface area contributed by atoms with Gasteiger partial charge in [0.15, 0.2) is 5.84 Å². The molecular formula is C31H26ClN5O2S.